The van der Waals surface area contributed by atoms with Gasteiger partial charge < -0.3 is 15.2 Å². The molecule has 2 heterocycles. The van der Waals surface area contributed by atoms with Crippen molar-refractivity contribution in [2.24, 2.45) is 11.8 Å². The Morgan fingerprint density at radius 3 is 2.28 bits per heavy atom. The minimum atomic E-state index is -0.674. The molecule has 1 atom stereocenters. The number of H-pyrrole nitrogens is 1. The second-order valence-electron chi connectivity index (χ2n) is 8.30. The summed E-state index contributed by atoms with van der Waals surface area (Å²) < 4.78 is 6.51. The number of rotatable bonds is 7. The molecule has 0 bridgehead atoms. The summed E-state index contributed by atoms with van der Waals surface area (Å²) >= 11 is 0. The molecule has 2 aromatic heterocycles. The Kier molecular flexibility index (Phi) is 6.71. The van der Waals surface area contributed by atoms with Crippen molar-refractivity contribution >= 4 is 17.4 Å². The smallest absolute Gasteiger partial charge is 0.330 e. The number of aromatic nitrogens is 3. The monoisotopic (exact) mass is 405 g/mol. The molecule has 0 saturated carbocycles. The molecule has 160 valence electrons. The van der Waals surface area contributed by atoms with Crippen molar-refractivity contribution in [3.63, 3.8) is 0 Å². The summed E-state index contributed by atoms with van der Waals surface area (Å²) in [6.07, 6.45) is 0. The molecular formula is C20H31N5O4. The molecule has 0 saturated heterocycles. The second kappa shape index (κ2) is 8.67. The number of nitrogen functional groups attached to an aromatic ring is 1. The number of nitrogens with zero attached hydrogens (tertiary/aromatic N) is 3. The number of hydrogen-bond donors (Lipinski definition) is 2. The van der Waals surface area contributed by atoms with Crippen LogP contribution >= 0.6 is 0 Å². The summed E-state index contributed by atoms with van der Waals surface area (Å²) in [5.41, 5.74) is 6.30. The van der Waals surface area contributed by atoms with Crippen LogP contribution in [0, 0.1) is 25.7 Å². The molecule has 0 radical (unpaired) electrons. The molecule has 2 aromatic rings. The number of amides is 1. The van der Waals surface area contributed by atoms with Crippen LogP contribution in [0.4, 0.5) is 11.5 Å². The number of nitrogens with one attached hydrogen (secondary N) is 1. The first kappa shape index (κ1) is 22.4. The first-order valence-corrected chi connectivity index (χ1v) is 9.82. The number of carbonyl (C=O) groups excluding carboxylic acids is 1. The van der Waals surface area contributed by atoms with Gasteiger partial charge in [-0.2, -0.15) is 0 Å². The van der Waals surface area contributed by atoms with Crippen molar-refractivity contribution < 1.29 is 9.32 Å². The van der Waals surface area contributed by atoms with Crippen LogP contribution in [0.25, 0.3) is 0 Å². The van der Waals surface area contributed by atoms with Crippen LogP contribution in [0.1, 0.15) is 57.6 Å². The molecule has 0 aromatic carbocycles. The minimum absolute atomic E-state index is 0.00237. The van der Waals surface area contributed by atoms with E-state index in [9.17, 15) is 14.4 Å². The fourth-order valence-corrected chi connectivity index (χ4v) is 3.51. The third-order valence-corrected chi connectivity index (χ3v) is 4.74. The first-order valence-electron chi connectivity index (χ1n) is 9.82. The standard InChI is InChI=1S/C20H31N5O4/c1-10(2)8-24(19(27)12(5)15-13(6)23-29-14(15)7)16-17(21)25(9-11(3)4)20(28)22-18(16)26/h10-12H,8-9,21H2,1-7H3,(H,22,26,28). The Morgan fingerprint density at radius 1 is 1.17 bits per heavy atom. The van der Waals surface area contributed by atoms with E-state index in [1.165, 1.54) is 9.47 Å². The molecule has 3 N–H and O–H groups in total. The van der Waals surface area contributed by atoms with Crippen molar-refractivity contribution in [1.29, 1.82) is 0 Å². The zero-order chi connectivity index (χ0) is 22.0. The lowest BCUT2D eigenvalue weighted by Gasteiger charge is -2.28. The summed E-state index contributed by atoms with van der Waals surface area (Å²) in [4.78, 5) is 42.1. The highest BCUT2D eigenvalue weighted by molar-refractivity contribution is 5.99. The zero-order valence-corrected chi connectivity index (χ0v) is 18.2. The van der Waals surface area contributed by atoms with Crippen LogP contribution in [0.3, 0.4) is 0 Å². The minimum Gasteiger partial charge on any atom is -0.383 e. The fraction of sp³-hybridized carbons (Fsp3) is 0.600. The highest BCUT2D eigenvalue weighted by atomic mass is 16.5. The topological polar surface area (TPSA) is 127 Å². The molecule has 0 aliphatic carbocycles. The highest BCUT2D eigenvalue weighted by Gasteiger charge is 2.31. The van der Waals surface area contributed by atoms with Gasteiger partial charge in [0.25, 0.3) is 5.56 Å². The van der Waals surface area contributed by atoms with Crippen LogP contribution < -0.4 is 21.9 Å². The van der Waals surface area contributed by atoms with Gasteiger partial charge >= 0.3 is 5.69 Å². The number of aryl methyl sites for hydroxylation is 2. The van der Waals surface area contributed by atoms with Gasteiger partial charge in [0, 0.05) is 18.7 Å². The van der Waals surface area contributed by atoms with Gasteiger partial charge in [-0.15, -0.1) is 0 Å². The number of hydrogen-bond acceptors (Lipinski definition) is 6. The second-order valence-corrected chi connectivity index (χ2v) is 8.30. The van der Waals surface area contributed by atoms with E-state index in [1.807, 2.05) is 27.7 Å². The van der Waals surface area contributed by atoms with Gasteiger partial charge in [0.15, 0.2) is 5.69 Å². The van der Waals surface area contributed by atoms with E-state index in [0.717, 1.165) is 0 Å². The van der Waals surface area contributed by atoms with Crippen LogP contribution in [-0.2, 0) is 11.3 Å². The van der Waals surface area contributed by atoms with Crippen LogP contribution in [0.15, 0.2) is 14.1 Å². The molecule has 0 aliphatic rings. The van der Waals surface area contributed by atoms with Gasteiger partial charge in [0.2, 0.25) is 5.91 Å². The van der Waals surface area contributed by atoms with Gasteiger partial charge in [-0.25, -0.2) is 4.79 Å². The van der Waals surface area contributed by atoms with E-state index >= 15 is 0 Å². The van der Waals surface area contributed by atoms with Crippen molar-refractivity contribution in [2.45, 2.75) is 60.9 Å². The highest BCUT2D eigenvalue weighted by Crippen LogP contribution is 2.28. The number of aromatic amines is 1. The molecule has 0 fully saturated rings. The molecule has 2 rings (SSSR count). The molecule has 29 heavy (non-hydrogen) atoms. The third kappa shape index (κ3) is 4.60. The quantitative estimate of drug-likeness (QED) is 0.727. The fourth-order valence-electron chi connectivity index (χ4n) is 3.51. The number of anilines is 2. The number of nitrogens with two attached hydrogens (primary N) is 1. The van der Waals surface area contributed by atoms with E-state index < -0.39 is 17.2 Å². The lowest BCUT2D eigenvalue weighted by atomic mass is 9.97. The first-order chi connectivity index (χ1) is 13.5. The lowest BCUT2D eigenvalue weighted by molar-refractivity contribution is -0.119. The van der Waals surface area contributed by atoms with E-state index in [4.69, 9.17) is 10.3 Å². The van der Waals surface area contributed by atoms with E-state index in [0.29, 0.717) is 23.6 Å². The van der Waals surface area contributed by atoms with E-state index in [1.54, 1.807) is 20.8 Å². The Morgan fingerprint density at radius 2 is 1.79 bits per heavy atom. The predicted octanol–water partition coefficient (Wildman–Crippen LogP) is 2.17. The average molecular weight is 405 g/mol. The van der Waals surface area contributed by atoms with Crippen LogP contribution in [0.2, 0.25) is 0 Å². The Labute approximate surface area is 169 Å². The van der Waals surface area contributed by atoms with Crippen molar-refractivity contribution in [1.82, 2.24) is 14.7 Å². The Hall–Kier alpha value is -2.84. The van der Waals surface area contributed by atoms with E-state index in [2.05, 4.69) is 10.1 Å². The largest absolute Gasteiger partial charge is 0.383 e. The zero-order valence-electron chi connectivity index (χ0n) is 18.2. The normalized spacial score (nSPS) is 12.6. The average Bonchev–Trinajstić information content (AvgIpc) is 2.94. The number of carbonyl (C=O) groups is 1. The van der Waals surface area contributed by atoms with Crippen molar-refractivity contribution in [3.8, 4) is 0 Å². The van der Waals surface area contributed by atoms with Crippen molar-refractivity contribution in [2.75, 3.05) is 17.2 Å². The summed E-state index contributed by atoms with van der Waals surface area (Å²) in [6.45, 7) is 13.6. The maximum absolute atomic E-state index is 13.5. The Bertz CT molecular complexity index is 980. The summed E-state index contributed by atoms with van der Waals surface area (Å²) in [7, 11) is 0. The van der Waals surface area contributed by atoms with Gasteiger partial charge in [-0.05, 0) is 32.6 Å². The van der Waals surface area contributed by atoms with Gasteiger partial charge in [-0.3, -0.25) is 19.1 Å². The van der Waals surface area contributed by atoms with Gasteiger partial charge in [0.05, 0.1) is 11.6 Å². The van der Waals surface area contributed by atoms with Crippen LogP contribution in [0.5, 0.6) is 0 Å². The van der Waals surface area contributed by atoms with Crippen LogP contribution in [-0.4, -0.2) is 27.2 Å². The molecule has 0 aliphatic heterocycles. The molecule has 1 unspecified atom stereocenters. The molecular weight excluding hydrogens is 374 g/mol. The third-order valence-electron chi connectivity index (χ3n) is 4.74. The lowest BCUT2D eigenvalue weighted by Crippen LogP contribution is -2.44. The van der Waals surface area contributed by atoms with Gasteiger partial charge in [0.1, 0.15) is 11.6 Å². The van der Waals surface area contributed by atoms with Crippen molar-refractivity contribution in [3.05, 3.63) is 37.9 Å². The van der Waals surface area contributed by atoms with Gasteiger partial charge in [-0.1, -0.05) is 32.9 Å². The predicted molar refractivity (Wildman–Crippen MR) is 112 cm³/mol. The molecule has 1 amide bonds. The maximum atomic E-state index is 13.5. The molecule has 9 heteroatoms. The molecule has 9 nitrogen and oxygen atoms in total. The summed E-state index contributed by atoms with van der Waals surface area (Å²) in [5, 5.41) is 3.92. The Balaban J connectivity index is 2.63. The summed E-state index contributed by atoms with van der Waals surface area (Å²) in [5.74, 6) is -0.152. The molecule has 0 spiro atoms. The maximum Gasteiger partial charge on any atom is 0.330 e. The SMILES string of the molecule is Cc1noc(C)c1C(C)C(=O)N(CC(C)C)c1c(N)n(CC(C)C)c(=O)[nH]c1=O. The summed E-state index contributed by atoms with van der Waals surface area (Å²) in [6, 6.07) is 0. The van der Waals surface area contributed by atoms with E-state index in [-0.39, 0.29) is 35.8 Å².